The average Bonchev–Trinajstić information content (AvgIpc) is 2.75. The van der Waals surface area contributed by atoms with Crippen molar-refractivity contribution in [1.29, 1.82) is 0 Å². The number of hydrogen-bond donors (Lipinski definition) is 3. The first-order valence-corrected chi connectivity index (χ1v) is 10.2. The Kier molecular flexibility index (Phi) is 7.83. The van der Waals surface area contributed by atoms with Crippen molar-refractivity contribution in [2.45, 2.75) is 25.0 Å². The molecular formula is C22H20ClF3N2O5. The highest BCUT2D eigenvalue weighted by Gasteiger charge is 2.33. The molecule has 1 heterocycles. The number of carbonyl (C=O) groups is 2. The van der Waals surface area contributed by atoms with Crippen LogP contribution in [0.2, 0.25) is 5.02 Å². The van der Waals surface area contributed by atoms with E-state index < -0.39 is 41.5 Å². The van der Waals surface area contributed by atoms with E-state index in [0.717, 1.165) is 18.2 Å². The largest absolute Gasteiger partial charge is 0.484 e. The van der Waals surface area contributed by atoms with Crippen molar-refractivity contribution >= 4 is 23.4 Å². The summed E-state index contributed by atoms with van der Waals surface area (Å²) in [6, 6.07) is 5.39. The standard InChI is InChI=1S/C22H20ClF3N2O5/c1-11(4-5-27-21(30)10-32-12-2-3-14(23)15(24)6-12)28-22(31)20-9-18(29)13-7-16(25)17(26)8-19(13)33-20/h2-3,6-8,18,20,29H,1,4-5,9-10H2,(H,27,30)(H,28,31)/t18-,20-/m0/s1. The van der Waals surface area contributed by atoms with Crippen molar-refractivity contribution in [3.63, 3.8) is 0 Å². The second-order valence-electron chi connectivity index (χ2n) is 7.22. The zero-order chi connectivity index (χ0) is 24.1. The fourth-order valence-corrected chi connectivity index (χ4v) is 3.15. The molecule has 176 valence electrons. The summed E-state index contributed by atoms with van der Waals surface area (Å²) in [4.78, 5) is 24.2. The molecule has 0 saturated carbocycles. The number of amides is 2. The summed E-state index contributed by atoms with van der Waals surface area (Å²) in [5.74, 6) is -4.04. The topological polar surface area (TPSA) is 96.9 Å². The molecule has 0 aromatic heterocycles. The summed E-state index contributed by atoms with van der Waals surface area (Å²) in [5, 5.41) is 15.1. The van der Waals surface area contributed by atoms with Crippen LogP contribution in [0.15, 0.2) is 42.6 Å². The highest BCUT2D eigenvalue weighted by atomic mass is 35.5. The molecule has 1 aliphatic heterocycles. The smallest absolute Gasteiger partial charge is 0.265 e. The average molecular weight is 485 g/mol. The lowest BCUT2D eigenvalue weighted by molar-refractivity contribution is -0.129. The second-order valence-corrected chi connectivity index (χ2v) is 7.63. The highest BCUT2D eigenvalue weighted by Crippen LogP contribution is 2.36. The number of fused-ring (bicyclic) bond motifs is 1. The first kappa shape index (κ1) is 24.4. The quantitative estimate of drug-likeness (QED) is 0.535. The van der Waals surface area contributed by atoms with E-state index in [9.17, 15) is 27.9 Å². The molecule has 33 heavy (non-hydrogen) atoms. The Morgan fingerprint density at radius 3 is 2.64 bits per heavy atom. The molecule has 1 aliphatic rings. The molecule has 0 unspecified atom stereocenters. The van der Waals surface area contributed by atoms with E-state index in [1.807, 2.05) is 0 Å². The van der Waals surface area contributed by atoms with Gasteiger partial charge < -0.3 is 25.2 Å². The van der Waals surface area contributed by atoms with Crippen LogP contribution in [0.3, 0.4) is 0 Å². The van der Waals surface area contributed by atoms with Crippen LogP contribution in [0.4, 0.5) is 13.2 Å². The van der Waals surface area contributed by atoms with Gasteiger partial charge in [-0.25, -0.2) is 13.2 Å². The van der Waals surface area contributed by atoms with Crippen molar-refractivity contribution in [2.24, 2.45) is 0 Å². The van der Waals surface area contributed by atoms with Gasteiger partial charge in [-0.1, -0.05) is 18.2 Å². The number of nitrogens with one attached hydrogen (secondary N) is 2. The van der Waals surface area contributed by atoms with Gasteiger partial charge in [0.1, 0.15) is 17.3 Å². The summed E-state index contributed by atoms with van der Waals surface area (Å²) >= 11 is 5.57. The molecule has 0 aliphatic carbocycles. The molecule has 0 saturated heterocycles. The van der Waals surface area contributed by atoms with E-state index in [2.05, 4.69) is 17.2 Å². The lowest BCUT2D eigenvalue weighted by Crippen LogP contribution is -2.41. The number of aliphatic hydroxyl groups excluding tert-OH is 1. The highest BCUT2D eigenvalue weighted by molar-refractivity contribution is 6.30. The third kappa shape index (κ3) is 6.39. The number of ether oxygens (including phenoxy) is 2. The Morgan fingerprint density at radius 1 is 1.18 bits per heavy atom. The van der Waals surface area contributed by atoms with Crippen LogP contribution in [-0.2, 0) is 9.59 Å². The van der Waals surface area contributed by atoms with Gasteiger partial charge in [0.05, 0.1) is 11.1 Å². The Bertz CT molecular complexity index is 1080. The monoisotopic (exact) mass is 484 g/mol. The minimum absolute atomic E-state index is 0.0584. The van der Waals surface area contributed by atoms with Crippen LogP contribution in [0.1, 0.15) is 24.5 Å². The SMILES string of the molecule is C=C(CCNC(=O)COc1ccc(Cl)c(F)c1)NC(=O)[C@@H]1C[C@H](O)c2cc(F)c(F)cc2O1. The number of rotatable bonds is 8. The van der Waals surface area contributed by atoms with E-state index in [4.69, 9.17) is 21.1 Å². The van der Waals surface area contributed by atoms with Crippen LogP contribution >= 0.6 is 11.6 Å². The van der Waals surface area contributed by atoms with Crippen molar-refractivity contribution in [2.75, 3.05) is 13.2 Å². The molecule has 2 aromatic carbocycles. The summed E-state index contributed by atoms with van der Waals surface area (Å²) in [6.45, 7) is 3.46. The maximum absolute atomic E-state index is 13.4. The Labute approximate surface area is 192 Å². The molecule has 11 heteroatoms. The Hall–Kier alpha value is -3.24. The van der Waals surface area contributed by atoms with Gasteiger partial charge in [0.15, 0.2) is 24.3 Å². The van der Waals surface area contributed by atoms with Crippen LogP contribution in [-0.4, -0.2) is 36.2 Å². The zero-order valence-electron chi connectivity index (χ0n) is 17.2. The van der Waals surface area contributed by atoms with E-state index in [-0.39, 0.29) is 53.8 Å². The lowest BCUT2D eigenvalue weighted by Gasteiger charge is -2.29. The van der Waals surface area contributed by atoms with Crippen LogP contribution in [0.5, 0.6) is 11.5 Å². The van der Waals surface area contributed by atoms with Gasteiger partial charge in [-0.05, 0) is 18.2 Å². The fraction of sp³-hybridized carbons (Fsp3) is 0.273. The number of benzene rings is 2. The van der Waals surface area contributed by atoms with Gasteiger partial charge in [-0.3, -0.25) is 9.59 Å². The number of carbonyl (C=O) groups excluding carboxylic acids is 2. The molecule has 3 N–H and O–H groups in total. The van der Waals surface area contributed by atoms with E-state index in [1.165, 1.54) is 12.1 Å². The molecule has 3 rings (SSSR count). The molecule has 0 spiro atoms. The fourth-order valence-electron chi connectivity index (χ4n) is 3.03. The molecule has 0 radical (unpaired) electrons. The van der Waals surface area contributed by atoms with Crippen molar-refractivity contribution in [3.05, 3.63) is 70.6 Å². The third-order valence-electron chi connectivity index (χ3n) is 4.72. The molecule has 2 aromatic rings. The van der Waals surface area contributed by atoms with Gasteiger partial charge in [0.2, 0.25) is 0 Å². The second kappa shape index (κ2) is 10.6. The maximum Gasteiger partial charge on any atom is 0.265 e. The van der Waals surface area contributed by atoms with Crippen molar-refractivity contribution < 1.29 is 37.3 Å². The van der Waals surface area contributed by atoms with E-state index >= 15 is 0 Å². The predicted octanol–water partition coefficient (Wildman–Crippen LogP) is 3.16. The zero-order valence-corrected chi connectivity index (χ0v) is 17.9. The minimum atomic E-state index is -1.21. The molecule has 0 bridgehead atoms. The van der Waals surface area contributed by atoms with Crippen LogP contribution in [0, 0.1) is 17.5 Å². The predicted molar refractivity (Wildman–Crippen MR) is 112 cm³/mol. The van der Waals surface area contributed by atoms with Gasteiger partial charge >= 0.3 is 0 Å². The summed E-state index contributed by atoms with van der Waals surface area (Å²) in [7, 11) is 0. The number of halogens is 4. The first-order chi connectivity index (χ1) is 15.6. The van der Waals surface area contributed by atoms with Crippen molar-refractivity contribution in [3.8, 4) is 11.5 Å². The van der Waals surface area contributed by atoms with Gasteiger partial charge in [-0.2, -0.15) is 0 Å². The summed E-state index contributed by atoms with van der Waals surface area (Å²) < 4.78 is 50.7. The van der Waals surface area contributed by atoms with Gasteiger partial charge in [0.25, 0.3) is 11.8 Å². The molecular weight excluding hydrogens is 465 g/mol. The number of hydrogen-bond acceptors (Lipinski definition) is 5. The summed E-state index contributed by atoms with van der Waals surface area (Å²) in [5.41, 5.74) is 0.318. The van der Waals surface area contributed by atoms with E-state index in [0.29, 0.717) is 0 Å². The summed E-state index contributed by atoms with van der Waals surface area (Å²) in [6.07, 6.45) is -2.33. The first-order valence-electron chi connectivity index (χ1n) is 9.81. The molecule has 2 atom stereocenters. The van der Waals surface area contributed by atoms with Crippen molar-refractivity contribution in [1.82, 2.24) is 10.6 Å². The Balaban J connectivity index is 1.41. The lowest BCUT2D eigenvalue weighted by atomic mass is 9.98. The van der Waals surface area contributed by atoms with E-state index in [1.54, 1.807) is 0 Å². The van der Waals surface area contributed by atoms with Crippen LogP contribution < -0.4 is 20.1 Å². The van der Waals surface area contributed by atoms with Crippen LogP contribution in [0.25, 0.3) is 0 Å². The Morgan fingerprint density at radius 2 is 1.91 bits per heavy atom. The molecule has 7 nitrogen and oxygen atoms in total. The third-order valence-corrected chi connectivity index (χ3v) is 5.03. The van der Waals surface area contributed by atoms with Gasteiger partial charge in [0, 0.05) is 42.8 Å². The van der Waals surface area contributed by atoms with Gasteiger partial charge in [-0.15, -0.1) is 0 Å². The molecule has 0 fully saturated rings. The number of aliphatic hydroxyl groups is 1. The minimum Gasteiger partial charge on any atom is -0.484 e. The normalized spacial score (nSPS) is 16.9. The maximum atomic E-state index is 13.4. The molecule has 2 amide bonds.